The minimum atomic E-state index is -0.214. The van der Waals surface area contributed by atoms with Gasteiger partial charge in [0.15, 0.2) is 0 Å². The Morgan fingerprint density at radius 2 is 2.50 bits per heavy atom. The Morgan fingerprint density at radius 3 is 3.08 bits per heavy atom. The van der Waals surface area contributed by atoms with Gasteiger partial charge in [-0.05, 0) is 33.6 Å². The van der Waals surface area contributed by atoms with Crippen molar-refractivity contribution in [3.05, 3.63) is 28.5 Å². The monoisotopic (exact) mass is 225 g/mol. The average molecular weight is 226 g/mol. The van der Waals surface area contributed by atoms with Gasteiger partial charge in [0.1, 0.15) is 4.60 Å². The van der Waals surface area contributed by atoms with Crippen LogP contribution >= 0.6 is 15.9 Å². The van der Waals surface area contributed by atoms with Crippen molar-refractivity contribution in [2.75, 3.05) is 0 Å². The molecule has 0 amide bonds. The van der Waals surface area contributed by atoms with E-state index in [2.05, 4.69) is 20.9 Å². The number of nitriles is 1. The fourth-order valence-electron chi connectivity index (χ4n) is 0.864. The van der Waals surface area contributed by atoms with Crippen molar-refractivity contribution < 1.29 is 0 Å². The van der Waals surface area contributed by atoms with Crippen molar-refractivity contribution in [1.29, 1.82) is 5.26 Å². The highest BCUT2D eigenvalue weighted by molar-refractivity contribution is 9.10. The lowest BCUT2D eigenvalue weighted by atomic mass is 10.1. The predicted octanol–water partition coefficient (Wildman–Crippen LogP) is 1.76. The Balaban J connectivity index is 2.82. The van der Waals surface area contributed by atoms with Gasteiger partial charge in [-0.25, -0.2) is 4.98 Å². The summed E-state index contributed by atoms with van der Waals surface area (Å²) in [5.41, 5.74) is 6.63. The fraction of sp³-hybridized carbons (Fsp3) is 0.250. The molecule has 0 saturated carbocycles. The van der Waals surface area contributed by atoms with Crippen molar-refractivity contribution >= 4 is 15.9 Å². The summed E-state index contributed by atoms with van der Waals surface area (Å²) in [6, 6.07) is 5.44. The standard InChI is InChI=1S/C8H8BrN3/c9-8-5-6(2-4-12-8)7(11)1-3-10/h2,4-5,7H,1,11H2. The minimum Gasteiger partial charge on any atom is -0.323 e. The average Bonchev–Trinajstić information content (AvgIpc) is 2.05. The van der Waals surface area contributed by atoms with E-state index in [1.165, 1.54) is 0 Å². The highest BCUT2D eigenvalue weighted by Gasteiger charge is 2.04. The molecule has 0 saturated heterocycles. The largest absolute Gasteiger partial charge is 0.323 e. The van der Waals surface area contributed by atoms with Crippen LogP contribution in [-0.4, -0.2) is 4.98 Å². The maximum absolute atomic E-state index is 8.41. The highest BCUT2D eigenvalue weighted by atomic mass is 79.9. The van der Waals surface area contributed by atoms with Crippen molar-refractivity contribution in [2.24, 2.45) is 5.73 Å². The van der Waals surface area contributed by atoms with Crippen LogP contribution in [-0.2, 0) is 0 Å². The van der Waals surface area contributed by atoms with E-state index in [1.54, 1.807) is 6.20 Å². The van der Waals surface area contributed by atoms with Crippen LogP contribution in [0.5, 0.6) is 0 Å². The Labute approximate surface area is 79.3 Å². The number of rotatable bonds is 2. The molecule has 1 atom stereocenters. The Hall–Kier alpha value is -0.920. The molecule has 2 N–H and O–H groups in total. The number of halogens is 1. The molecule has 12 heavy (non-hydrogen) atoms. The van der Waals surface area contributed by atoms with Crippen molar-refractivity contribution in [1.82, 2.24) is 4.98 Å². The summed E-state index contributed by atoms with van der Waals surface area (Å²) < 4.78 is 0.744. The number of aromatic nitrogens is 1. The molecule has 4 heteroatoms. The molecule has 1 rings (SSSR count). The van der Waals surface area contributed by atoms with E-state index in [0.29, 0.717) is 6.42 Å². The number of nitrogens with two attached hydrogens (primary N) is 1. The first-order valence-corrected chi connectivity index (χ1v) is 4.27. The number of nitrogens with zero attached hydrogens (tertiary/aromatic N) is 2. The second-order valence-electron chi connectivity index (χ2n) is 2.38. The van der Waals surface area contributed by atoms with Crippen LogP contribution in [0.1, 0.15) is 18.0 Å². The first kappa shape index (κ1) is 9.17. The lowest BCUT2D eigenvalue weighted by molar-refractivity contribution is 0.746. The SMILES string of the molecule is N#CCC(N)c1ccnc(Br)c1. The maximum Gasteiger partial charge on any atom is 0.106 e. The second kappa shape index (κ2) is 4.19. The number of hydrogen-bond donors (Lipinski definition) is 1. The minimum absolute atomic E-state index is 0.214. The van der Waals surface area contributed by atoms with Gasteiger partial charge < -0.3 is 5.73 Å². The third-order valence-corrected chi connectivity index (χ3v) is 1.92. The van der Waals surface area contributed by atoms with Gasteiger partial charge in [0.25, 0.3) is 0 Å². The van der Waals surface area contributed by atoms with Crippen LogP contribution < -0.4 is 5.73 Å². The summed E-state index contributed by atoms with van der Waals surface area (Å²) in [4.78, 5) is 3.96. The summed E-state index contributed by atoms with van der Waals surface area (Å²) >= 11 is 3.23. The molecule has 1 unspecified atom stereocenters. The fourth-order valence-corrected chi connectivity index (χ4v) is 1.25. The van der Waals surface area contributed by atoms with Crippen LogP contribution in [0.4, 0.5) is 0 Å². The van der Waals surface area contributed by atoms with E-state index < -0.39 is 0 Å². The summed E-state index contributed by atoms with van der Waals surface area (Å²) in [6.45, 7) is 0. The highest BCUT2D eigenvalue weighted by Crippen LogP contribution is 2.15. The lowest BCUT2D eigenvalue weighted by Crippen LogP contribution is -2.09. The molecular formula is C8H8BrN3. The van der Waals surface area contributed by atoms with Gasteiger partial charge in [0.05, 0.1) is 12.5 Å². The zero-order valence-corrected chi connectivity index (χ0v) is 7.95. The predicted molar refractivity (Wildman–Crippen MR) is 49.1 cm³/mol. The van der Waals surface area contributed by atoms with E-state index >= 15 is 0 Å². The van der Waals surface area contributed by atoms with Gasteiger partial charge in [0, 0.05) is 12.2 Å². The molecule has 0 aliphatic carbocycles. The van der Waals surface area contributed by atoms with Crippen LogP contribution in [0.15, 0.2) is 22.9 Å². The second-order valence-corrected chi connectivity index (χ2v) is 3.19. The Kier molecular flexibility index (Phi) is 3.20. The Bertz CT molecular complexity index is 305. The quantitative estimate of drug-likeness (QED) is 0.781. The van der Waals surface area contributed by atoms with E-state index in [9.17, 15) is 0 Å². The van der Waals surface area contributed by atoms with Gasteiger partial charge in [-0.3, -0.25) is 0 Å². The first-order chi connectivity index (χ1) is 5.74. The third kappa shape index (κ3) is 2.29. The van der Waals surface area contributed by atoms with E-state index in [1.807, 2.05) is 18.2 Å². The van der Waals surface area contributed by atoms with Crippen molar-refractivity contribution in [3.63, 3.8) is 0 Å². The lowest BCUT2D eigenvalue weighted by Gasteiger charge is -2.06. The molecule has 3 nitrogen and oxygen atoms in total. The van der Waals surface area contributed by atoms with Crippen LogP contribution in [0, 0.1) is 11.3 Å². The van der Waals surface area contributed by atoms with E-state index in [-0.39, 0.29) is 6.04 Å². The molecule has 1 aromatic heterocycles. The van der Waals surface area contributed by atoms with E-state index in [0.717, 1.165) is 10.2 Å². The van der Waals surface area contributed by atoms with Crippen LogP contribution in [0.2, 0.25) is 0 Å². The van der Waals surface area contributed by atoms with E-state index in [4.69, 9.17) is 11.0 Å². The summed E-state index contributed by atoms with van der Waals surface area (Å²) in [5.74, 6) is 0. The molecule has 0 aliphatic rings. The molecular weight excluding hydrogens is 218 g/mol. The smallest absolute Gasteiger partial charge is 0.106 e. The van der Waals surface area contributed by atoms with Crippen LogP contribution in [0.3, 0.4) is 0 Å². The third-order valence-electron chi connectivity index (χ3n) is 1.49. The molecule has 0 aliphatic heterocycles. The molecule has 62 valence electrons. The van der Waals surface area contributed by atoms with Crippen LogP contribution in [0.25, 0.3) is 0 Å². The number of hydrogen-bond acceptors (Lipinski definition) is 3. The van der Waals surface area contributed by atoms with Gasteiger partial charge >= 0.3 is 0 Å². The zero-order valence-electron chi connectivity index (χ0n) is 6.37. The molecule has 1 aromatic rings. The molecule has 0 fully saturated rings. The summed E-state index contributed by atoms with van der Waals surface area (Å²) in [6.07, 6.45) is 1.99. The van der Waals surface area contributed by atoms with Crippen molar-refractivity contribution in [2.45, 2.75) is 12.5 Å². The summed E-state index contributed by atoms with van der Waals surface area (Å²) in [7, 11) is 0. The van der Waals surface area contributed by atoms with Gasteiger partial charge in [-0.15, -0.1) is 0 Å². The first-order valence-electron chi connectivity index (χ1n) is 3.48. The zero-order chi connectivity index (χ0) is 8.97. The molecule has 0 radical (unpaired) electrons. The van der Waals surface area contributed by atoms with Gasteiger partial charge in [-0.2, -0.15) is 5.26 Å². The molecule has 0 spiro atoms. The topological polar surface area (TPSA) is 62.7 Å². The maximum atomic E-state index is 8.41. The van der Waals surface area contributed by atoms with Gasteiger partial charge in [-0.1, -0.05) is 0 Å². The molecule has 0 aromatic carbocycles. The number of pyridine rings is 1. The Morgan fingerprint density at radius 1 is 1.75 bits per heavy atom. The molecule has 0 bridgehead atoms. The molecule has 1 heterocycles. The van der Waals surface area contributed by atoms with Crippen molar-refractivity contribution in [3.8, 4) is 6.07 Å². The normalized spacial score (nSPS) is 12.1. The summed E-state index contributed by atoms with van der Waals surface area (Å²) in [5, 5.41) is 8.41. The van der Waals surface area contributed by atoms with Gasteiger partial charge in [0.2, 0.25) is 0 Å².